The fraction of sp³-hybridized carbons (Fsp3) is 0.130. The lowest BCUT2D eigenvalue weighted by atomic mass is 10.0. The summed E-state index contributed by atoms with van der Waals surface area (Å²) in [7, 11) is 1.87. The summed E-state index contributed by atoms with van der Waals surface area (Å²) >= 11 is 1.54. The van der Waals surface area contributed by atoms with E-state index in [0.29, 0.717) is 17.1 Å². The molecule has 4 aromatic rings. The van der Waals surface area contributed by atoms with Crippen LogP contribution in [0.15, 0.2) is 78.1 Å². The molecule has 2 aromatic heterocycles. The third-order valence-electron chi connectivity index (χ3n) is 4.69. The van der Waals surface area contributed by atoms with Crippen LogP contribution in [0.2, 0.25) is 0 Å². The van der Waals surface area contributed by atoms with Gasteiger partial charge in [0.05, 0.1) is 12.2 Å². The molecule has 0 fully saturated rings. The highest BCUT2D eigenvalue weighted by Gasteiger charge is 2.12. The Morgan fingerprint density at radius 1 is 1.03 bits per heavy atom. The highest BCUT2D eigenvalue weighted by molar-refractivity contribution is 7.98. The maximum Gasteiger partial charge on any atom is 0.251 e. The summed E-state index contributed by atoms with van der Waals surface area (Å²) in [4.78, 5) is 16.9. The Hall–Kier alpha value is -3.52. The number of carbonyl (C=O) groups is 1. The van der Waals surface area contributed by atoms with Gasteiger partial charge in [0.1, 0.15) is 5.82 Å². The first-order chi connectivity index (χ1) is 15.1. The second kappa shape index (κ2) is 9.53. The highest BCUT2D eigenvalue weighted by atomic mass is 32.2. The van der Waals surface area contributed by atoms with E-state index < -0.39 is 0 Å². The number of rotatable bonds is 7. The molecule has 0 unspecified atom stereocenters. The Morgan fingerprint density at radius 3 is 2.61 bits per heavy atom. The molecular weight excluding hydrogens is 413 g/mol. The first kappa shape index (κ1) is 20.7. The largest absolute Gasteiger partial charge is 0.345 e. The first-order valence-electron chi connectivity index (χ1n) is 9.65. The number of amides is 1. The highest BCUT2D eigenvalue weighted by Crippen LogP contribution is 2.22. The van der Waals surface area contributed by atoms with Gasteiger partial charge in [-0.2, -0.15) is 0 Å². The minimum Gasteiger partial charge on any atom is -0.345 e. The van der Waals surface area contributed by atoms with E-state index in [-0.39, 0.29) is 18.3 Å². The molecule has 0 saturated carbocycles. The molecule has 0 atom stereocenters. The summed E-state index contributed by atoms with van der Waals surface area (Å²) < 4.78 is 15.4. The zero-order valence-electron chi connectivity index (χ0n) is 16.8. The lowest BCUT2D eigenvalue weighted by molar-refractivity contribution is 0.0949. The number of carbonyl (C=O) groups excluding carboxylic acids is 1. The van der Waals surface area contributed by atoms with Gasteiger partial charge in [-0.15, -0.1) is 10.2 Å². The summed E-state index contributed by atoms with van der Waals surface area (Å²) in [6.45, 7) is 0.247. The zero-order valence-corrected chi connectivity index (χ0v) is 17.6. The van der Waals surface area contributed by atoms with Crippen molar-refractivity contribution < 1.29 is 9.18 Å². The Morgan fingerprint density at radius 2 is 1.84 bits per heavy atom. The Labute approximate surface area is 183 Å². The van der Waals surface area contributed by atoms with Crippen molar-refractivity contribution in [3.05, 3.63) is 95.8 Å². The van der Waals surface area contributed by atoms with Crippen LogP contribution in [0, 0.1) is 5.82 Å². The van der Waals surface area contributed by atoms with Gasteiger partial charge >= 0.3 is 0 Å². The second-order valence-electron chi connectivity index (χ2n) is 6.84. The number of halogens is 1. The summed E-state index contributed by atoms with van der Waals surface area (Å²) in [5.74, 6) is 0.792. The molecule has 156 valence electrons. The summed E-state index contributed by atoms with van der Waals surface area (Å²) in [5, 5.41) is 12.0. The Balaban J connectivity index is 1.39. The van der Waals surface area contributed by atoms with Gasteiger partial charge in [-0.3, -0.25) is 9.78 Å². The molecule has 1 N–H and O–H groups in total. The number of benzene rings is 2. The van der Waals surface area contributed by atoms with Gasteiger partial charge in [-0.05, 0) is 47.5 Å². The van der Waals surface area contributed by atoms with Crippen molar-refractivity contribution in [1.82, 2.24) is 25.1 Å². The van der Waals surface area contributed by atoms with Crippen LogP contribution in [0.25, 0.3) is 11.1 Å². The molecule has 0 aliphatic carbocycles. The molecule has 2 aromatic carbocycles. The second-order valence-corrected chi connectivity index (χ2v) is 7.78. The van der Waals surface area contributed by atoms with Crippen molar-refractivity contribution in [1.29, 1.82) is 0 Å². The van der Waals surface area contributed by atoms with E-state index in [1.165, 1.54) is 23.9 Å². The van der Waals surface area contributed by atoms with Crippen molar-refractivity contribution >= 4 is 17.7 Å². The average Bonchev–Trinajstić information content (AvgIpc) is 3.16. The minimum absolute atomic E-state index is 0.232. The van der Waals surface area contributed by atoms with Gasteiger partial charge in [0.25, 0.3) is 5.91 Å². The van der Waals surface area contributed by atoms with Crippen LogP contribution in [0.4, 0.5) is 4.39 Å². The topological polar surface area (TPSA) is 72.7 Å². The standard InChI is InChI=1S/C23H20FN5OS/c1-29-21(27-28-23(29)31-15-20-10-2-3-11-25-20)14-26-22(30)18-8-4-6-16(12-18)17-7-5-9-19(24)13-17/h2-13H,14-15H2,1H3,(H,26,30). The molecule has 0 radical (unpaired) electrons. The van der Waals surface area contributed by atoms with E-state index in [9.17, 15) is 9.18 Å². The van der Waals surface area contributed by atoms with Crippen LogP contribution < -0.4 is 5.32 Å². The smallest absolute Gasteiger partial charge is 0.251 e. The molecule has 0 aliphatic rings. The minimum atomic E-state index is -0.314. The van der Waals surface area contributed by atoms with Gasteiger partial charge < -0.3 is 9.88 Å². The lowest BCUT2D eigenvalue weighted by Crippen LogP contribution is -2.24. The van der Waals surface area contributed by atoms with Crippen molar-refractivity contribution in [2.24, 2.45) is 7.05 Å². The van der Waals surface area contributed by atoms with Gasteiger partial charge in [0, 0.05) is 24.6 Å². The third-order valence-corrected chi connectivity index (χ3v) is 5.74. The molecule has 31 heavy (non-hydrogen) atoms. The van der Waals surface area contributed by atoms with Crippen LogP contribution in [0.3, 0.4) is 0 Å². The molecule has 0 saturated heterocycles. The van der Waals surface area contributed by atoms with Crippen molar-refractivity contribution in [2.45, 2.75) is 17.5 Å². The predicted octanol–water partition coefficient (Wildman–Crippen LogP) is 4.24. The molecule has 4 rings (SSSR count). The van der Waals surface area contributed by atoms with Crippen LogP contribution in [-0.4, -0.2) is 25.7 Å². The summed E-state index contributed by atoms with van der Waals surface area (Å²) in [6.07, 6.45) is 1.76. The van der Waals surface area contributed by atoms with Crippen molar-refractivity contribution in [2.75, 3.05) is 0 Å². The Bertz CT molecular complexity index is 1200. The van der Waals surface area contributed by atoms with E-state index in [2.05, 4.69) is 20.5 Å². The van der Waals surface area contributed by atoms with E-state index in [4.69, 9.17) is 0 Å². The molecule has 0 bridgehead atoms. The van der Waals surface area contributed by atoms with Gasteiger partial charge in [-0.25, -0.2) is 4.39 Å². The normalized spacial score (nSPS) is 10.8. The number of thioether (sulfide) groups is 1. The molecule has 0 aliphatic heterocycles. The quantitative estimate of drug-likeness (QED) is 0.442. The number of nitrogens with zero attached hydrogens (tertiary/aromatic N) is 4. The number of hydrogen-bond donors (Lipinski definition) is 1. The number of aromatic nitrogens is 4. The van der Waals surface area contributed by atoms with E-state index >= 15 is 0 Å². The van der Waals surface area contributed by atoms with Gasteiger partial charge in [0.15, 0.2) is 11.0 Å². The van der Waals surface area contributed by atoms with E-state index in [1.54, 1.807) is 30.5 Å². The third kappa shape index (κ3) is 5.16. The summed E-state index contributed by atoms with van der Waals surface area (Å²) in [5.41, 5.74) is 2.95. The monoisotopic (exact) mass is 433 g/mol. The average molecular weight is 434 g/mol. The molecule has 0 spiro atoms. The SMILES string of the molecule is Cn1c(CNC(=O)c2cccc(-c3cccc(F)c3)c2)nnc1SCc1ccccn1. The molecule has 2 heterocycles. The first-order valence-corrected chi connectivity index (χ1v) is 10.6. The lowest BCUT2D eigenvalue weighted by Gasteiger charge is -2.08. The van der Waals surface area contributed by atoms with Gasteiger partial charge in [-0.1, -0.05) is 42.1 Å². The fourth-order valence-corrected chi connectivity index (χ4v) is 3.86. The fourth-order valence-electron chi connectivity index (χ4n) is 3.02. The van der Waals surface area contributed by atoms with E-state index in [0.717, 1.165) is 22.0 Å². The van der Waals surface area contributed by atoms with Crippen LogP contribution in [-0.2, 0) is 19.3 Å². The van der Waals surface area contributed by atoms with Crippen LogP contribution in [0.1, 0.15) is 21.9 Å². The number of hydrogen-bond acceptors (Lipinski definition) is 5. The molecule has 6 nitrogen and oxygen atoms in total. The molecule has 8 heteroatoms. The maximum absolute atomic E-state index is 13.5. The number of nitrogens with one attached hydrogen (secondary N) is 1. The summed E-state index contributed by atoms with van der Waals surface area (Å²) in [6, 6.07) is 19.2. The molecular formula is C23H20FN5OS. The van der Waals surface area contributed by atoms with Crippen LogP contribution >= 0.6 is 11.8 Å². The predicted molar refractivity (Wildman–Crippen MR) is 118 cm³/mol. The maximum atomic E-state index is 13.5. The van der Waals surface area contributed by atoms with Crippen molar-refractivity contribution in [3.63, 3.8) is 0 Å². The van der Waals surface area contributed by atoms with Crippen LogP contribution in [0.5, 0.6) is 0 Å². The van der Waals surface area contributed by atoms with E-state index in [1.807, 2.05) is 41.9 Å². The Kier molecular flexibility index (Phi) is 6.37. The molecule has 1 amide bonds. The zero-order chi connectivity index (χ0) is 21.6. The van der Waals surface area contributed by atoms with Crippen molar-refractivity contribution in [3.8, 4) is 11.1 Å². The van der Waals surface area contributed by atoms with Gasteiger partial charge in [0.2, 0.25) is 0 Å². The number of pyridine rings is 1.